The fraction of sp³-hybridized carbons (Fsp3) is 0.571. The molecule has 2 aliphatic rings. The molecule has 3 rings (SSSR count). The summed E-state index contributed by atoms with van der Waals surface area (Å²) in [6.07, 6.45) is 5.65. The number of unbranched alkanes of at least 4 members (excludes halogenated alkanes) is 1. The number of fused-ring (bicyclic) bond motifs is 2. The number of nitrogens with zero attached hydrogens (tertiary/aromatic N) is 1. The molecule has 6 heteroatoms. The van der Waals surface area contributed by atoms with Gasteiger partial charge in [-0.25, -0.2) is 4.79 Å². The molecule has 2 N–H and O–H groups in total. The molecule has 27 heavy (non-hydrogen) atoms. The van der Waals surface area contributed by atoms with Gasteiger partial charge in [0.1, 0.15) is 12.1 Å². The maximum Gasteiger partial charge on any atom is 0.325 e. The Balaban J connectivity index is 1.62. The van der Waals surface area contributed by atoms with E-state index in [4.69, 9.17) is 0 Å². The first-order valence-corrected chi connectivity index (χ1v) is 10.0. The summed E-state index contributed by atoms with van der Waals surface area (Å²) >= 11 is 0. The van der Waals surface area contributed by atoms with Crippen molar-refractivity contribution >= 4 is 17.8 Å². The molecular formula is C21H29N3O3. The Kier molecular flexibility index (Phi) is 5.82. The lowest BCUT2D eigenvalue weighted by Crippen LogP contribution is -2.44. The van der Waals surface area contributed by atoms with Crippen LogP contribution in [0.5, 0.6) is 0 Å². The quantitative estimate of drug-likeness (QED) is 0.690. The smallest absolute Gasteiger partial charge is 0.325 e. The van der Waals surface area contributed by atoms with E-state index in [1.807, 2.05) is 24.3 Å². The van der Waals surface area contributed by atoms with Crippen LogP contribution >= 0.6 is 0 Å². The van der Waals surface area contributed by atoms with Crippen molar-refractivity contribution in [1.82, 2.24) is 15.5 Å². The fourth-order valence-corrected chi connectivity index (χ4v) is 4.13. The molecular weight excluding hydrogens is 342 g/mol. The number of hydrogen-bond acceptors (Lipinski definition) is 3. The first-order valence-electron chi connectivity index (χ1n) is 10.0. The normalized spacial score (nSPS) is 22.1. The van der Waals surface area contributed by atoms with Gasteiger partial charge in [0.15, 0.2) is 0 Å². The Labute approximate surface area is 160 Å². The van der Waals surface area contributed by atoms with E-state index in [1.165, 1.54) is 0 Å². The summed E-state index contributed by atoms with van der Waals surface area (Å²) in [6.45, 7) is 4.64. The van der Waals surface area contributed by atoms with E-state index >= 15 is 0 Å². The van der Waals surface area contributed by atoms with Gasteiger partial charge in [-0.3, -0.25) is 14.5 Å². The molecule has 0 aromatic heterocycles. The fourth-order valence-electron chi connectivity index (χ4n) is 4.13. The van der Waals surface area contributed by atoms with Gasteiger partial charge in [-0.15, -0.1) is 0 Å². The lowest BCUT2D eigenvalue weighted by molar-refractivity contribution is -0.135. The molecule has 0 saturated carbocycles. The van der Waals surface area contributed by atoms with Crippen LogP contribution in [-0.2, 0) is 21.5 Å². The van der Waals surface area contributed by atoms with Crippen molar-refractivity contribution < 1.29 is 14.4 Å². The molecule has 1 aromatic carbocycles. The molecule has 1 heterocycles. The first kappa shape index (κ1) is 19.4. The molecule has 2 atom stereocenters. The monoisotopic (exact) mass is 371 g/mol. The SMILES string of the molecule is CCCC[C@@H](CC)CNC(=O)CN1C(=O)N[C@]2(CCc3ccccc32)C1=O. The summed E-state index contributed by atoms with van der Waals surface area (Å²) in [6, 6.07) is 7.21. The standard InChI is InChI=1S/C21H29N3O3/c1-3-5-8-15(4-2)13-22-18(25)14-24-19(26)21(23-20(24)27)12-11-16-9-6-7-10-17(16)21/h6-7,9-10,15H,3-5,8,11-14H2,1-2H3,(H,22,25)(H,23,27)/t15-,21+/m1/s1. The Morgan fingerprint density at radius 1 is 1.30 bits per heavy atom. The van der Waals surface area contributed by atoms with E-state index in [2.05, 4.69) is 24.5 Å². The zero-order chi connectivity index (χ0) is 19.4. The number of carbonyl (C=O) groups excluding carboxylic acids is 3. The molecule has 1 aliphatic heterocycles. The van der Waals surface area contributed by atoms with Gasteiger partial charge in [0.2, 0.25) is 5.91 Å². The second kappa shape index (κ2) is 8.11. The van der Waals surface area contributed by atoms with E-state index < -0.39 is 11.6 Å². The molecule has 0 bridgehead atoms. The number of amides is 4. The number of aryl methyl sites for hydroxylation is 1. The molecule has 4 amide bonds. The number of rotatable bonds is 8. The predicted molar refractivity (Wildman–Crippen MR) is 103 cm³/mol. The summed E-state index contributed by atoms with van der Waals surface area (Å²) in [5.74, 6) is -0.160. The third kappa shape index (κ3) is 3.70. The lowest BCUT2D eigenvalue weighted by atomic mass is 9.92. The molecule has 1 saturated heterocycles. The summed E-state index contributed by atoms with van der Waals surface area (Å²) in [5.41, 5.74) is 0.942. The predicted octanol–water partition coefficient (Wildman–Crippen LogP) is 2.71. The third-order valence-electron chi connectivity index (χ3n) is 5.86. The van der Waals surface area contributed by atoms with Gasteiger partial charge >= 0.3 is 6.03 Å². The van der Waals surface area contributed by atoms with Crippen molar-refractivity contribution in [3.63, 3.8) is 0 Å². The number of benzene rings is 1. The Bertz CT molecular complexity index is 733. The first-order chi connectivity index (χ1) is 13.0. The largest absolute Gasteiger partial charge is 0.354 e. The lowest BCUT2D eigenvalue weighted by Gasteiger charge is -2.22. The van der Waals surface area contributed by atoms with Crippen LogP contribution in [0.4, 0.5) is 4.79 Å². The van der Waals surface area contributed by atoms with Crippen LogP contribution in [0.15, 0.2) is 24.3 Å². The average Bonchev–Trinajstić information content (AvgIpc) is 3.15. The van der Waals surface area contributed by atoms with Crippen LogP contribution in [0.1, 0.15) is 57.1 Å². The maximum absolute atomic E-state index is 13.0. The zero-order valence-corrected chi connectivity index (χ0v) is 16.2. The minimum absolute atomic E-state index is 0.223. The molecule has 6 nitrogen and oxygen atoms in total. The van der Waals surface area contributed by atoms with Gasteiger partial charge in [0.25, 0.3) is 5.91 Å². The number of carbonyl (C=O) groups is 3. The van der Waals surface area contributed by atoms with E-state index in [9.17, 15) is 14.4 Å². The topological polar surface area (TPSA) is 78.5 Å². The summed E-state index contributed by atoms with van der Waals surface area (Å²) < 4.78 is 0. The molecule has 1 aliphatic carbocycles. The van der Waals surface area contributed by atoms with Crippen LogP contribution in [0, 0.1) is 5.92 Å². The van der Waals surface area contributed by atoms with E-state index in [0.29, 0.717) is 18.9 Å². The number of imide groups is 1. The second-order valence-corrected chi connectivity index (χ2v) is 7.60. The molecule has 1 fully saturated rings. The Morgan fingerprint density at radius 3 is 2.81 bits per heavy atom. The molecule has 146 valence electrons. The highest BCUT2D eigenvalue weighted by atomic mass is 16.2. The van der Waals surface area contributed by atoms with Crippen molar-refractivity contribution in [1.29, 1.82) is 0 Å². The highest BCUT2D eigenvalue weighted by Gasteiger charge is 2.55. The van der Waals surface area contributed by atoms with E-state index in [1.54, 1.807) is 0 Å². The van der Waals surface area contributed by atoms with Gasteiger partial charge in [-0.2, -0.15) is 0 Å². The molecule has 1 aromatic rings. The highest BCUT2D eigenvalue weighted by Crippen LogP contribution is 2.41. The van der Waals surface area contributed by atoms with E-state index in [-0.39, 0.29) is 18.4 Å². The third-order valence-corrected chi connectivity index (χ3v) is 5.86. The van der Waals surface area contributed by atoms with Crippen molar-refractivity contribution in [3.8, 4) is 0 Å². The highest BCUT2D eigenvalue weighted by molar-refractivity contribution is 6.09. The van der Waals surface area contributed by atoms with Crippen molar-refractivity contribution in [2.75, 3.05) is 13.1 Å². The number of urea groups is 1. The minimum atomic E-state index is -0.999. The average molecular weight is 371 g/mol. The van der Waals surface area contributed by atoms with E-state index in [0.717, 1.165) is 48.1 Å². The number of nitrogens with one attached hydrogen (secondary N) is 2. The summed E-state index contributed by atoms with van der Waals surface area (Å²) in [7, 11) is 0. The Hall–Kier alpha value is -2.37. The summed E-state index contributed by atoms with van der Waals surface area (Å²) in [4.78, 5) is 38.9. The zero-order valence-electron chi connectivity index (χ0n) is 16.2. The van der Waals surface area contributed by atoms with Crippen LogP contribution in [-0.4, -0.2) is 35.8 Å². The molecule has 0 radical (unpaired) electrons. The second-order valence-electron chi connectivity index (χ2n) is 7.60. The van der Waals surface area contributed by atoms with Crippen LogP contribution < -0.4 is 10.6 Å². The van der Waals surface area contributed by atoms with Crippen LogP contribution in [0.25, 0.3) is 0 Å². The van der Waals surface area contributed by atoms with Crippen molar-refractivity contribution in [2.24, 2.45) is 5.92 Å². The van der Waals surface area contributed by atoms with Crippen molar-refractivity contribution in [3.05, 3.63) is 35.4 Å². The summed E-state index contributed by atoms with van der Waals surface area (Å²) in [5, 5.41) is 5.75. The van der Waals surface area contributed by atoms with Gasteiger partial charge in [-0.1, -0.05) is 57.4 Å². The van der Waals surface area contributed by atoms with Gasteiger partial charge in [0, 0.05) is 6.54 Å². The molecule has 1 spiro atoms. The van der Waals surface area contributed by atoms with Gasteiger partial charge in [-0.05, 0) is 36.3 Å². The van der Waals surface area contributed by atoms with Crippen LogP contribution in [0.2, 0.25) is 0 Å². The van der Waals surface area contributed by atoms with Crippen molar-refractivity contribution in [2.45, 2.75) is 57.9 Å². The number of hydrogen-bond donors (Lipinski definition) is 2. The Morgan fingerprint density at radius 2 is 2.07 bits per heavy atom. The minimum Gasteiger partial charge on any atom is -0.354 e. The molecule has 0 unspecified atom stereocenters. The van der Waals surface area contributed by atoms with Crippen LogP contribution in [0.3, 0.4) is 0 Å². The van der Waals surface area contributed by atoms with Gasteiger partial charge in [0.05, 0.1) is 0 Å². The van der Waals surface area contributed by atoms with Gasteiger partial charge < -0.3 is 10.6 Å². The maximum atomic E-state index is 13.0.